The lowest BCUT2D eigenvalue weighted by atomic mass is 10.1. The molecule has 2 aliphatic rings. The van der Waals surface area contributed by atoms with Gasteiger partial charge in [-0.15, -0.1) is 0 Å². The Morgan fingerprint density at radius 2 is 1.80 bits per heavy atom. The number of carbonyl (C=O) groups is 3. The van der Waals surface area contributed by atoms with Gasteiger partial charge < -0.3 is 25.6 Å². The van der Waals surface area contributed by atoms with Crippen molar-refractivity contribution in [3.8, 4) is 0 Å². The minimum absolute atomic E-state index is 0.0154. The van der Waals surface area contributed by atoms with Gasteiger partial charge in [0.2, 0.25) is 5.91 Å². The Kier molecular flexibility index (Phi) is 7.48. The van der Waals surface area contributed by atoms with Gasteiger partial charge in [-0.25, -0.2) is 9.78 Å². The first-order chi connectivity index (χ1) is 18.8. The average Bonchev–Trinajstić information content (AvgIpc) is 3.25. The van der Waals surface area contributed by atoms with E-state index < -0.39 is 23.6 Å². The van der Waals surface area contributed by atoms with Crippen LogP contribution in [-0.4, -0.2) is 52.0 Å². The van der Waals surface area contributed by atoms with Gasteiger partial charge in [-0.2, -0.15) is 13.2 Å². The number of hydrogen-bond donors (Lipinski definition) is 4. The Bertz CT molecular complexity index is 1480. The van der Waals surface area contributed by atoms with Crippen molar-refractivity contribution in [2.75, 3.05) is 18.0 Å². The smallest absolute Gasteiger partial charge is 0.416 e. The van der Waals surface area contributed by atoms with Crippen LogP contribution in [0.25, 0.3) is 0 Å². The lowest BCUT2D eigenvalue weighted by Crippen LogP contribution is -2.35. The number of carbonyl (C=O) groups excluding carboxylic acids is 2. The summed E-state index contributed by atoms with van der Waals surface area (Å²) in [6.07, 6.45) is -4.75. The summed E-state index contributed by atoms with van der Waals surface area (Å²) in [6.45, 7) is 2.81. The van der Waals surface area contributed by atoms with Crippen LogP contribution in [0.1, 0.15) is 42.7 Å². The number of hydrogen-bond acceptors (Lipinski definition) is 6. The maximum absolute atomic E-state index is 12.7. The monoisotopic (exact) mass is 615 g/mol. The summed E-state index contributed by atoms with van der Waals surface area (Å²) in [5.74, 6) is -1.76. The van der Waals surface area contributed by atoms with E-state index in [9.17, 15) is 32.7 Å². The summed E-state index contributed by atoms with van der Waals surface area (Å²) in [7, 11) is 0. The molecule has 212 valence electrons. The van der Waals surface area contributed by atoms with Crippen LogP contribution in [0, 0.1) is 18.8 Å². The van der Waals surface area contributed by atoms with E-state index >= 15 is 0 Å². The third kappa shape index (κ3) is 5.63. The van der Waals surface area contributed by atoms with E-state index in [1.807, 2.05) is 4.90 Å². The Labute approximate surface area is 239 Å². The van der Waals surface area contributed by atoms with Gasteiger partial charge in [0, 0.05) is 43.2 Å². The molecule has 3 atom stereocenters. The van der Waals surface area contributed by atoms with Gasteiger partial charge in [-0.1, -0.05) is 46.7 Å². The summed E-state index contributed by atoms with van der Waals surface area (Å²) < 4.78 is 38.2. The molecule has 2 fully saturated rings. The van der Waals surface area contributed by atoms with Crippen LogP contribution >= 0.6 is 34.5 Å². The first-order valence-corrected chi connectivity index (χ1v) is 13.7. The molecule has 40 heavy (non-hydrogen) atoms. The fourth-order valence-electron chi connectivity index (χ4n) is 4.84. The van der Waals surface area contributed by atoms with Gasteiger partial charge in [0.15, 0.2) is 5.13 Å². The minimum Gasteiger partial charge on any atom is -0.477 e. The Morgan fingerprint density at radius 1 is 1.15 bits per heavy atom. The van der Waals surface area contributed by atoms with Crippen molar-refractivity contribution in [1.82, 2.24) is 20.6 Å². The first kappa shape index (κ1) is 28.2. The molecule has 1 aliphatic heterocycles. The molecule has 0 unspecified atom stereocenters. The van der Waals surface area contributed by atoms with Crippen molar-refractivity contribution in [2.45, 2.75) is 32.1 Å². The largest absolute Gasteiger partial charge is 0.477 e. The molecule has 3 heterocycles. The third-order valence-electron chi connectivity index (χ3n) is 7.02. The normalized spacial score (nSPS) is 19.9. The molecule has 0 spiro atoms. The number of thiazole rings is 1. The molecule has 2 amide bonds. The number of carboxylic acid groups (broad SMARTS) is 1. The summed E-state index contributed by atoms with van der Waals surface area (Å²) >= 11 is 13.2. The number of benzene rings is 1. The van der Waals surface area contributed by atoms with Crippen LogP contribution in [0.5, 0.6) is 0 Å². The topological polar surface area (TPSA) is 127 Å². The second-order valence-corrected chi connectivity index (χ2v) is 11.4. The van der Waals surface area contributed by atoms with Gasteiger partial charge in [-0.05, 0) is 24.6 Å². The molecule has 1 aliphatic carbocycles. The van der Waals surface area contributed by atoms with Gasteiger partial charge in [-0.3, -0.25) is 9.59 Å². The number of nitrogens with zero attached hydrogens (tertiary/aromatic N) is 2. The number of aromatic carboxylic acids is 1. The van der Waals surface area contributed by atoms with E-state index in [0.717, 1.165) is 23.5 Å². The lowest BCUT2D eigenvalue weighted by Gasteiger charge is -2.19. The van der Waals surface area contributed by atoms with Crippen LogP contribution in [0.2, 0.25) is 10.0 Å². The highest BCUT2D eigenvalue weighted by Crippen LogP contribution is 2.48. The summed E-state index contributed by atoms with van der Waals surface area (Å²) in [5, 5.41) is 16.1. The highest BCUT2D eigenvalue weighted by Gasteiger charge is 2.57. The van der Waals surface area contributed by atoms with Crippen molar-refractivity contribution in [3.05, 3.63) is 67.4 Å². The number of aryl methyl sites for hydroxylation is 1. The van der Waals surface area contributed by atoms with Crippen molar-refractivity contribution >= 4 is 57.5 Å². The molecule has 2 aromatic heterocycles. The number of aromatic amines is 1. The molecule has 0 radical (unpaired) electrons. The van der Waals surface area contributed by atoms with Crippen molar-refractivity contribution in [2.24, 2.45) is 11.8 Å². The number of piperidine rings is 1. The molecule has 4 N–H and O–H groups in total. The van der Waals surface area contributed by atoms with E-state index in [0.29, 0.717) is 34.5 Å². The van der Waals surface area contributed by atoms with Crippen LogP contribution in [0.3, 0.4) is 0 Å². The molecule has 1 saturated carbocycles. The van der Waals surface area contributed by atoms with Crippen LogP contribution in [-0.2, 0) is 23.9 Å². The predicted octanol–water partition coefficient (Wildman–Crippen LogP) is 4.53. The number of nitrogens with one attached hydrogen (secondary N) is 3. The predicted molar refractivity (Wildman–Crippen MR) is 142 cm³/mol. The van der Waals surface area contributed by atoms with Crippen molar-refractivity contribution in [3.63, 3.8) is 0 Å². The maximum Gasteiger partial charge on any atom is 0.416 e. The van der Waals surface area contributed by atoms with Gasteiger partial charge >= 0.3 is 12.1 Å². The van der Waals surface area contributed by atoms with Crippen LogP contribution < -0.4 is 15.5 Å². The average molecular weight is 616 g/mol. The zero-order valence-electron chi connectivity index (χ0n) is 20.7. The number of amides is 2. The van der Waals surface area contributed by atoms with Crippen molar-refractivity contribution in [1.29, 1.82) is 0 Å². The third-order valence-corrected chi connectivity index (χ3v) is 9.12. The fourth-order valence-corrected chi connectivity index (χ4v) is 6.19. The van der Waals surface area contributed by atoms with Gasteiger partial charge in [0.1, 0.15) is 10.6 Å². The van der Waals surface area contributed by atoms with Crippen LogP contribution in [0.4, 0.5) is 18.3 Å². The number of carboxylic acids is 1. The number of fused-ring (bicyclic) bond motifs is 1. The molecular formula is C25H22Cl2F3N5O4S. The Balaban J connectivity index is 1.16. The van der Waals surface area contributed by atoms with E-state index in [1.165, 1.54) is 12.1 Å². The highest BCUT2D eigenvalue weighted by atomic mass is 35.5. The number of alkyl halides is 3. The number of aromatic nitrogens is 2. The molecule has 15 heteroatoms. The minimum atomic E-state index is -4.45. The number of rotatable bonds is 8. The standard InChI is InChI=1S/C25H22Cl2F3N5O4S/c1-10-17(26)18(27)20(32-10)22(37)34-19-13-8-35(9-14(13)19)24-33-15(21(40-24)23(38)39)6-16(36)31-7-11-2-4-12(5-3-11)25(28,29)30/h2-5,13-14,19,32H,6-9H2,1H3,(H,31,36)(H,34,37)(H,38,39)/t13-,14+,19-. The van der Waals surface area contributed by atoms with E-state index in [-0.39, 0.29) is 58.0 Å². The van der Waals surface area contributed by atoms with E-state index in [4.69, 9.17) is 23.2 Å². The lowest BCUT2D eigenvalue weighted by molar-refractivity contribution is -0.137. The molecule has 5 rings (SSSR count). The number of H-pyrrole nitrogens is 1. The highest BCUT2D eigenvalue weighted by molar-refractivity contribution is 7.17. The molecule has 9 nitrogen and oxygen atoms in total. The second kappa shape index (κ2) is 10.6. The Hall–Kier alpha value is -3.29. The summed E-state index contributed by atoms with van der Waals surface area (Å²) in [5.41, 5.74) is 0.589. The van der Waals surface area contributed by atoms with Crippen LogP contribution in [0.15, 0.2) is 24.3 Å². The summed E-state index contributed by atoms with van der Waals surface area (Å²) in [6, 6.07) is 4.34. The fraction of sp³-hybridized carbons (Fsp3) is 0.360. The zero-order valence-corrected chi connectivity index (χ0v) is 23.1. The van der Waals surface area contributed by atoms with Gasteiger partial charge in [0.25, 0.3) is 5.91 Å². The molecule has 3 aromatic rings. The van der Waals surface area contributed by atoms with E-state index in [2.05, 4.69) is 20.6 Å². The maximum atomic E-state index is 12.7. The molecular weight excluding hydrogens is 594 g/mol. The molecule has 0 bridgehead atoms. The van der Waals surface area contributed by atoms with E-state index in [1.54, 1.807) is 6.92 Å². The molecule has 1 aromatic carbocycles. The quantitative estimate of drug-likeness (QED) is 0.295. The number of halogens is 5. The molecule has 1 saturated heterocycles. The Morgan fingerprint density at radius 3 is 2.35 bits per heavy atom. The first-order valence-electron chi connectivity index (χ1n) is 12.1. The number of anilines is 1. The SMILES string of the molecule is Cc1[nH]c(C(=O)N[C@@H]2[C@@H]3CN(c4nc(CC(=O)NCc5ccc(C(F)(F)F)cc5)c(C(=O)O)s4)C[C@@H]32)c(Cl)c1Cl. The zero-order chi connectivity index (χ0) is 28.9. The van der Waals surface area contributed by atoms with Crippen molar-refractivity contribution < 1.29 is 32.7 Å². The van der Waals surface area contributed by atoms with Gasteiger partial charge in [0.05, 0.1) is 27.7 Å². The summed E-state index contributed by atoms with van der Waals surface area (Å²) in [4.78, 5) is 46.1. The second-order valence-electron chi connectivity index (χ2n) is 9.71.